The van der Waals surface area contributed by atoms with Crippen LogP contribution in [0.25, 0.3) is 0 Å². The Balaban J connectivity index is 2.85. The number of amides is 1. The highest BCUT2D eigenvalue weighted by Gasteiger charge is 2.31. The molecule has 0 bridgehead atoms. The number of carboxylic acid groups (broad SMARTS) is 1. The van der Waals surface area contributed by atoms with E-state index in [0.717, 1.165) is 11.8 Å². The molecule has 0 aromatic heterocycles. The average molecular weight is 391 g/mol. The predicted octanol–water partition coefficient (Wildman–Crippen LogP) is 1.25. The lowest BCUT2D eigenvalue weighted by atomic mass is 10.2. The van der Waals surface area contributed by atoms with E-state index in [0.29, 0.717) is 5.02 Å². The summed E-state index contributed by atoms with van der Waals surface area (Å²) in [7, 11) is 0. The first kappa shape index (κ1) is 21.2. The van der Waals surface area contributed by atoms with Crippen molar-refractivity contribution < 1.29 is 29.4 Å². The van der Waals surface area contributed by atoms with Crippen molar-refractivity contribution in [2.24, 2.45) is 5.73 Å². The van der Waals surface area contributed by atoms with Crippen molar-refractivity contribution in [2.75, 3.05) is 18.1 Å². The van der Waals surface area contributed by atoms with E-state index in [1.165, 1.54) is 18.2 Å². The van der Waals surface area contributed by atoms with Crippen LogP contribution in [0.5, 0.6) is 0 Å². The summed E-state index contributed by atoms with van der Waals surface area (Å²) in [5.74, 6) is -2.90. The monoisotopic (exact) mass is 390 g/mol. The molecular weight excluding hydrogens is 372 g/mol. The van der Waals surface area contributed by atoms with Crippen LogP contribution in [-0.2, 0) is 14.3 Å². The number of hydrogen-bond acceptors (Lipinski definition) is 7. The highest BCUT2D eigenvalue weighted by Crippen LogP contribution is 2.16. The minimum atomic E-state index is -1.31. The number of nitrogens with zero attached hydrogens (tertiary/aromatic N) is 1. The summed E-state index contributed by atoms with van der Waals surface area (Å²) < 4.78 is 4.86. The topological polar surface area (TPSA) is 130 Å². The number of carbonyl (C=O) groups excluding carboxylic acids is 2. The number of thioether (sulfide) groups is 1. The number of nitrogens with two attached hydrogens (primary N) is 1. The zero-order valence-electron chi connectivity index (χ0n) is 13.4. The Morgan fingerprint density at radius 2 is 2.04 bits per heavy atom. The van der Waals surface area contributed by atoms with Gasteiger partial charge in [0, 0.05) is 22.1 Å². The van der Waals surface area contributed by atoms with E-state index >= 15 is 0 Å². The Morgan fingerprint density at radius 1 is 1.36 bits per heavy atom. The predicted molar refractivity (Wildman–Crippen MR) is 92.8 cm³/mol. The van der Waals surface area contributed by atoms with Crippen molar-refractivity contribution in [3.63, 3.8) is 0 Å². The highest BCUT2D eigenvalue weighted by atomic mass is 35.5. The molecule has 138 valence electrons. The van der Waals surface area contributed by atoms with Crippen LogP contribution in [0.4, 0.5) is 0 Å². The largest absolute Gasteiger partial charge is 0.480 e. The number of carbonyl (C=O) groups is 3. The molecule has 0 saturated heterocycles. The van der Waals surface area contributed by atoms with Gasteiger partial charge in [-0.1, -0.05) is 17.7 Å². The van der Waals surface area contributed by atoms with E-state index in [-0.39, 0.29) is 28.7 Å². The molecule has 1 amide bonds. The lowest BCUT2D eigenvalue weighted by Gasteiger charge is -2.24. The molecule has 0 heterocycles. The van der Waals surface area contributed by atoms with E-state index < -0.39 is 29.9 Å². The van der Waals surface area contributed by atoms with Gasteiger partial charge in [0.05, 0.1) is 6.61 Å². The fraction of sp³-hybridized carbons (Fsp3) is 0.400. The first-order valence-electron chi connectivity index (χ1n) is 7.28. The summed E-state index contributed by atoms with van der Waals surface area (Å²) >= 11 is 6.83. The lowest BCUT2D eigenvalue weighted by Crippen LogP contribution is -2.46. The average Bonchev–Trinajstić information content (AvgIpc) is 2.57. The van der Waals surface area contributed by atoms with Gasteiger partial charge in [0.15, 0.2) is 6.04 Å². The third-order valence-corrected chi connectivity index (χ3v) is 4.41. The first-order chi connectivity index (χ1) is 11.8. The zero-order valence-corrected chi connectivity index (χ0v) is 15.0. The van der Waals surface area contributed by atoms with Gasteiger partial charge in [-0.2, -0.15) is 11.8 Å². The van der Waals surface area contributed by atoms with Crippen molar-refractivity contribution in [1.29, 1.82) is 0 Å². The molecular formula is C15H19ClN2O6S. The molecule has 0 aliphatic rings. The first-order valence-corrected chi connectivity index (χ1v) is 8.82. The van der Waals surface area contributed by atoms with Gasteiger partial charge in [-0.25, -0.2) is 9.86 Å². The van der Waals surface area contributed by atoms with Gasteiger partial charge < -0.3 is 15.6 Å². The molecule has 2 atom stereocenters. The van der Waals surface area contributed by atoms with Crippen molar-refractivity contribution in [3.05, 3.63) is 34.9 Å². The fourth-order valence-corrected chi connectivity index (χ4v) is 2.97. The van der Waals surface area contributed by atoms with Crippen molar-refractivity contribution in [2.45, 2.75) is 19.0 Å². The third-order valence-electron chi connectivity index (χ3n) is 3.02. The quantitative estimate of drug-likeness (QED) is 0.326. The minimum absolute atomic E-state index is 0.00440. The highest BCUT2D eigenvalue weighted by molar-refractivity contribution is 7.99. The molecule has 1 aromatic rings. The molecule has 0 aliphatic carbocycles. The molecule has 0 fully saturated rings. The maximum atomic E-state index is 12.3. The van der Waals surface area contributed by atoms with Gasteiger partial charge in [0.2, 0.25) is 0 Å². The number of ether oxygens (including phenoxy) is 1. The number of benzene rings is 1. The van der Waals surface area contributed by atoms with Crippen molar-refractivity contribution in [3.8, 4) is 0 Å². The van der Waals surface area contributed by atoms with Gasteiger partial charge in [-0.15, -0.1) is 0 Å². The summed E-state index contributed by atoms with van der Waals surface area (Å²) in [5, 5.41) is 19.5. The minimum Gasteiger partial charge on any atom is -0.480 e. The number of aliphatic carboxylic acids is 1. The van der Waals surface area contributed by atoms with Crippen molar-refractivity contribution >= 4 is 41.2 Å². The molecule has 10 heteroatoms. The van der Waals surface area contributed by atoms with Crippen LogP contribution in [0.2, 0.25) is 5.02 Å². The van der Waals surface area contributed by atoms with Crippen LogP contribution >= 0.6 is 23.4 Å². The molecule has 0 spiro atoms. The van der Waals surface area contributed by atoms with Crippen LogP contribution in [0.1, 0.15) is 17.3 Å². The number of rotatable bonds is 9. The number of hydroxylamine groups is 2. The number of halogens is 1. The lowest BCUT2D eigenvalue weighted by molar-refractivity contribution is -0.161. The zero-order chi connectivity index (χ0) is 19.0. The van der Waals surface area contributed by atoms with Gasteiger partial charge in [-0.05, 0) is 25.1 Å². The fourth-order valence-electron chi connectivity index (χ4n) is 1.75. The molecule has 0 aliphatic heterocycles. The normalized spacial score (nSPS) is 13.0. The molecule has 8 nitrogen and oxygen atoms in total. The van der Waals surface area contributed by atoms with E-state index in [1.807, 2.05) is 0 Å². The van der Waals surface area contributed by atoms with Gasteiger partial charge in [0.25, 0.3) is 5.91 Å². The van der Waals surface area contributed by atoms with E-state index in [4.69, 9.17) is 27.2 Å². The Hall–Kier alpha value is -1.81. The maximum Gasteiger partial charge on any atom is 0.332 e. The molecule has 25 heavy (non-hydrogen) atoms. The molecule has 4 N–H and O–H groups in total. The molecule has 0 saturated carbocycles. The van der Waals surface area contributed by atoms with E-state index in [2.05, 4.69) is 0 Å². The van der Waals surface area contributed by atoms with Crippen LogP contribution in [0, 0.1) is 0 Å². The summed E-state index contributed by atoms with van der Waals surface area (Å²) in [6.45, 7) is 1.65. The summed E-state index contributed by atoms with van der Waals surface area (Å²) in [6, 6.07) is 3.45. The maximum absolute atomic E-state index is 12.3. The Labute approximate surface area is 153 Å². The SMILES string of the molecule is CCOC(=O)C(CSCC(N)C(=O)O)N(O)C(=O)c1cccc(Cl)c1. The van der Waals surface area contributed by atoms with Gasteiger partial charge in [-0.3, -0.25) is 14.8 Å². The second-order valence-corrected chi connectivity index (χ2v) is 6.42. The van der Waals surface area contributed by atoms with E-state index in [1.54, 1.807) is 13.0 Å². The van der Waals surface area contributed by atoms with Gasteiger partial charge >= 0.3 is 11.9 Å². The molecule has 2 unspecified atom stereocenters. The smallest absolute Gasteiger partial charge is 0.332 e. The standard InChI is InChI=1S/C15H19ClN2O6S/c1-2-24-15(22)12(8-25-7-11(17)14(20)21)18(23)13(19)9-4-3-5-10(16)6-9/h3-6,11-12,23H,2,7-8,17H2,1H3,(H,20,21). The Kier molecular flexibility index (Phi) is 8.70. The summed E-state index contributed by atoms with van der Waals surface area (Å²) in [5.41, 5.74) is 5.48. The number of carboxylic acids is 1. The third kappa shape index (κ3) is 6.54. The molecule has 1 aromatic carbocycles. The second-order valence-electron chi connectivity index (χ2n) is 4.91. The Bertz CT molecular complexity index is 630. The number of esters is 1. The van der Waals surface area contributed by atoms with E-state index in [9.17, 15) is 19.6 Å². The van der Waals surface area contributed by atoms with Crippen LogP contribution in [-0.4, -0.2) is 63.4 Å². The molecule has 0 radical (unpaired) electrons. The van der Waals surface area contributed by atoms with Crippen LogP contribution in [0.15, 0.2) is 24.3 Å². The summed E-state index contributed by atoms with van der Waals surface area (Å²) in [6.07, 6.45) is 0. The van der Waals surface area contributed by atoms with Gasteiger partial charge in [0.1, 0.15) is 6.04 Å². The van der Waals surface area contributed by atoms with Crippen LogP contribution in [0.3, 0.4) is 0 Å². The number of hydrogen-bond donors (Lipinski definition) is 3. The van der Waals surface area contributed by atoms with Crippen LogP contribution < -0.4 is 5.73 Å². The Morgan fingerprint density at radius 3 is 2.60 bits per heavy atom. The summed E-state index contributed by atoms with van der Waals surface area (Å²) in [4.78, 5) is 35.1. The van der Waals surface area contributed by atoms with Crippen molar-refractivity contribution in [1.82, 2.24) is 5.06 Å². The second kappa shape index (κ2) is 10.2. The molecule has 1 rings (SSSR count).